The monoisotopic (exact) mass is 296 g/mol. The first kappa shape index (κ1) is 16.2. The van der Waals surface area contributed by atoms with Gasteiger partial charge in [-0.15, -0.1) is 0 Å². The van der Waals surface area contributed by atoms with E-state index in [1.165, 1.54) is 19.3 Å². The lowest BCUT2D eigenvalue weighted by atomic mass is 9.96. The molecule has 0 bridgehead atoms. The van der Waals surface area contributed by atoms with Crippen LogP contribution in [0.4, 0.5) is 0 Å². The average molecular weight is 296 g/mol. The number of hydrogen-bond donors (Lipinski definition) is 2. The van der Waals surface area contributed by atoms with Crippen LogP contribution >= 0.6 is 0 Å². The second-order valence-corrected chi connectivity index (χ2v) is 6.34. The van der Waals surface area contributed by atoms with Crippen LogP contribution < -0.4 is 11.3 Å². The van der Waals surface area contributed by atoms with Gasteiger partial charge in [0.25, 0.3) is 0 Å². The van der Waals surface area contributed by atoms with Gasteiger partial charge in [-0.25, -0.2) is 5.84 Å². The Bertz CT molecular complexity index is 367. The third-order valence-corrected chi connectivity index (χ3v) is 4.79. The Morgan fingerprint density at radius 1 is 1.19 bits per heavy atom. The van der Waals surface area contributed by atoms with Crippen LogP contribution in [-0.4, -0.2) is 54.3 Å². The topological polar surface area (TPSA) is 78.7 Å². The molecule has 0 spiro atoms. The van der Waals surface area contributed by atoms with E-state index < -0.39 is 0 Å². The molecule has 2 saturated heterocycles. The Morgan fingerprint density at radius 2 is 1.90 bits per heavy atom. The Hall–Kier alpha value is -1.14. The lowest BCUT2D eigenvalue weighted by Crippen LogP contribution is -2.47. The SMILES string of the molecule is CCCC1CCN(CC(=O)N2CCC(C(=O)NN)CC2)C1. The molecule has 2 aliphatic rings. The fourth-order valence-corrected chi connectivity index (χ4v) is 3.50. The van der Waals surface area contributed by atoms with Gasteiger partial charge in [-0.1, -0.05) is 13.3 Å². The minimum Gasteiger partial charge on any atom is -0.342 e. The van der Waals surface area contributed by atoms with Crippen molar-refractivity contribution in [3.8, 4) is 0 Å². The minimum atomic E-state index is -0.107. The van der Waals surface area contributed by atoms with Crippen molar-refractivity contribution in [2.75, 3.05) is 32.7 Å². The summed E-state index contributed by atoms with van der Waals surface area (Å²) >= 11 is 0. The van der Waals surface area contributed by atoms with Crippen LogP contribution in [0.1, 0.15) is 39.0 Å². The number of hydrazine groups is 1. The molecular formula is C15H28N4O2. The Labute approximate surface area is 127 Å². The summed E-state index contributed by atoms with van der Waals surface area (Å²) in [5.41, 5.74) is 2.20. The van der Waals surface area contributed by atoms with Crippen LogP contribution in [0.5, 0.6) is 0 Å². The maximum atomic E-state index is 12.3. The highest BCUT2D eigenvalue weighted by atomic mass is 16.2. The van der Waals surface area contributed by atoms with Crippen LogP contribution in [0.25, 0.3) is 0 Å². The highest BCUT2D eigenvalue weighted by Crippen LogP contribution is 2.22. The van der Waals surface area contributed by atoms with Crippen LogP contribution in [0.15, 0.2) is 0 Å². The quantitative estimate of drug-likeness (QED) is 0.435. The second kappa shape index (κ2) is 7.75. The first-order chi connectivity index (χ1) is 10.1. The number of amides is 2. The van der Waals surface area contributed by atoms with E-state index in [1.54, 1.807) is 0 Å². The number of hydrogen-bond acceptors (Lipinski definition) is 4. The molecule has 2 amide bonds. The number of rotatable bonds is 5. The second-order valence-electron chi connectivity index (χ2n) is 6.34. The van der Waals surface area contributed by atoms with Gasteiger partial charge in [-0.2, -0.15) is 0 Å². The molecular weight excluding hydrogens is 268 g/mol. The van der Waals surface area contributed by atoms with E-state index in [1.807, 2.05) is 4.90 Å². The normalized spacial score (nSPS) is 24.3. The maximum absolute atomic E-state index is 12.3. The lowest BCUT2D eigenvalue weighted by molar-refractivity contribution is -0.136. The number of carbonyl (C=O) groups excluding carboxylic acids is 2. The summed E-state index contributed by atoms with van der Waals surface area (Å²) in [5.74, 6) is 5.98. The van der Waals surface area contributed by atoms with E-state index >= 15 is 0 Å². The number of likely N-dealkylation sites (tertiary alicyclic amines) is 2. The van der Waals surface area contributed by atoms with E-state index in [4.69, 9.17) is 5.84 Å². The van der Waals surface area contributed by atoms with Crippen LogP contribution in [0.3, 0.4) is 0 Å². The van der Waals surface area contributed by atoms with Crippen molar-refractivity contribution in [3.63, 3.8) is 0 Å². The first-order valence-corrected chi connectivity index (χ1v) is 8.14. The van der Waals surface area contributed by atoms with Gasteiger partial charge in [0.15, 0.2) is 0 Å². The van der Waals surface area contributed by atoms with Crippen molar-refractivity contribution in [1.29, 1.82) is 0 Å². The van der Waals surface area contributed by atoms with Crippen LogP contribution in [0.2, 0.25) is 0 Å². The van der Waals surface area contributed by atoms with Gasteiger partial charge in [0.05, 0.1) is 6.54 Å². The molecule has 0 aromatic heterocycles. The van der Waals surface area contributed by atoms with Crippen molar-refractivity contribution >= 4 is 11.8 Å². The summed E-state index contributed by atoms with van der Waals surface area (Å²) in [6, 6.07) is 0. The van der Waals surface area contributed by atoms with Gasteiger partial charge in [0.2, 0.25) is 11.8 Å². The summed E-state index contributed by atoms with van der Waals surface area (Å²) in [7, 11) is 0. The molecule has 3 N–H and O–H groups in total. The zero-order valence-electron chi connectivity index (χ0n) is 13.0. The summed E-state index contributed by atoms with van der Waals surface area (Å²) in [4.78, 5) is 28.0. The van der Waals surface area contributed by atoms with Crippen LogP contribution in [0, 0.1) is 11.8 Å². The zero-order valence-corrected chi connectivity index (χ0v) is 13.0. The molecule has 21 heavy (non-hydrogen) atoms. The van der Waals surface area contributed by atoms with Crippen molar-refractivity contribution in [1.82, 2.24) is 15.2 Å². The number of carbonyl (C=O) groups is 2. The molecule has 6 heteroatoms. The molecule has 1 atom stereocenters. The molecule has 6 nitrogen and oxygen atoms in total. The fourth-order valence-electron chi connectivity index (χ4n) is 3.50. The van der Waals surface area contributed by atoms with Gasteiger partial charge < -0.3 is 4.90 Å². The maximum Gasteiger partial charge on any atom is 0.237 e. The lowest BCUT2D eigenvalue weighted by Gasteiger charge is -2.32. The van der Waals surface area contributed by atoms with E-state index in [9.17, 15) is 9.59 Å². The average Bonchev–Trinajstić information content (AvgIpc) is 2.94. The number of nitrogens with one attached hydrogen (secondary N) is 1. The van der Waals surface area contributed by atoms with Gasteiger partial charge in [0, 0.05) is 25.6 Å². The molecule has 120 valence electrons. The molecule has 0 saturated carbocycles. The number of piperidine rings is 1. The van der Waals surface area contributed by atoms with Crippen molar-refractivity contribution in [2.24, 2.45) is 17.7 Å². The standard InChI is InChI=1S/C15H28N4O2/c1-2-3-12-4-7-18(10-12)11-14(20)19-8-5-13(6-9-19)15(21)17-16/h12-13H,2-11,16H2,1H3,(H,17,21). The Morgan fingerprint density at radius 3 is 2.52 bits per heavy atom. The third-order valence-electron chi connectivity index (χ3n) is 4.79. The van der Waals surface area contributed by atoms with E-state index in [0.717, 1.165) is 19.0 Å². The summed E-state index contributed by atoms with van der Waals surface area (Å²) < 4.78 is 0. The largest absolute Gasteiger partial charge is 0.342 e. The molecule has 0 aliphatic carbocycles. The zero-order chi connectivity index (χ0) is 15.2. The number of nitrogens with zero attached hydrogens (tertiary/aromatic N) is 2. The Balaban J connectivity index is 1.72. The predicted molar refractivity (Wildman–Crippen MR) is 81.1 cm³/mol. The van der Waals surface area contributed by atoms with Crippen molar-refractivity contribution in [3.05, 3.63) is 0 Å². The first-order valence-electron chi connectivity index (χ1n) is 8.14. The van der Waals surface area contributed by atoms with Gasteiger partial charge >= 0.3 is 0 Å². The Kier molecular flexibility index (Phi) is 5.99. The molecule has 1 unspecified atom stereocenters. The molecule has 0 radical (unpaired) electrons. The molecule has 2 fully saturated rings. The van der Waals surface area contributed by atoms with E-state index in [-0.39, 0.29) is 17.7 Å². The summed E-state index contributed by atoms with van der Waals surface area (Å²) in [6.45, 7) is 6.20. The molecule has 2 heterocycles. The molecule has 0 aromatic rings. The molecule has 2 rings (SSSR count). The van der Waals surface area contributed by atoms with E-state index in [2.05, 4.69) is 17.2 Å². The molecule has 0 aromatic carbocycles. The van der Waals surface area contributed by atoms with Gasteiger partial charge in [-0.3, -0.25) is 19.9 Å². The minimum absolute atomic E-state index is 0.0419. The van der Waals surface area contributed by atoms with Crippen LogP contribution in [-0.2, 0) is 9.59 Å². The summed E-state index contributed by atoms with van der Waals surface area (Å²) in [5, 5.41) is 0. The highest BCUT2D eigenvalue weighted by Gasteiger charge is 2.29. The van der Waals surface area contributed by atoms with Crippen molar-refractivity contribution in [2.45, 2.75) is 39.0 Å². The fraction of sp³-hybridized carbons (Fsp3) is 0.867. The predicted octanol–water partition coefficient (Wildman–Crippen LogP) is 0.337. The molecule has 2 aliphatic heterocycles. The van der Waals surface area contributed by atoms with Crippen molar-refractivity contribution < 1.29 is 9.59 Å². The highest BCUT2D eigenvalue weighted by molar-refractivity contribution is 5.80. The number of nitrogens with two attached hydrogens (primary N) is 1. The van der Waals surface area contributed by atoms with Gasteiger partial charge in [-0.05, 0) is 38.1 Å². The van der Waals surface area contributed by atoms with E-state index in [0.29, 0.717) is 32.5 Å². The summed E-state index contributed by atoms with van der Waals surface area (Å²) in [6.07, 6.45) is 5.15. The van der Waals surface area contributed by atoms with Gasteiger partial charge in [0.1, 0.15) is 0 Å². The smallest absolute Gasteiger partial charge is 0.237 e. The third kappa shape index (κ3) is 4.41.